The summed E-state index contributed by atoms with van der Waals surface area (Å²) in [6.07, 6.45) is -2.51. The molecule has 23 heavy (non-hydrogen) atoms. The third-order valence-electron chi connectivity index (χ3n) is 3.52. The van der Waals surface area contributed by atoms with Gasteiger partial charge in [0.05, 0.1) is 18.2 Å². The fourth-order valence-electron chi connectivity index (χ4n) is 2.26. The van der Waals surface area contributed by atoms with E-state index >= 15 is 0 Å². The molecule has 2 rings (SSSR count). The molecule has 0 aromatic heterocycles. The van der Waals surface area contributed by atoms with Gasteiger partial charge in [0.1, 0.15) is 5.54 Å². The third-order valence-corrected chi connectivity index (χ3v) is 3.52. The molecule has 1 aliphatic heterocycles. The minimum absolute atomic E-state index is 0.0736. The van der Waals surface area contributed by atoms with Crippen molar-refractivity contribution in [3.8, 4) is 6.07 Å². The van der Waals surface area contributed by atoms with Crippen LogP contribution in [0.1, 0.15) is 25.0 Å². The van der Waals surface area contributed by atoms with Crippen molar-refractivity contribution in [1.29, 1.82) is 5.26 Å². The molecule has 0 aliphatic carbocycles. The van der Waals surface area contributed by atoms with Crippen LogP contribution in [0, 0.1) is 11.3 Å². The lowest BCUT2D eigenvalue weighted by molar-refractivity contribution is -0.159. The molecule has 0 unspecified atom stereocenters. The molecule has 1 N–H and O–H groups in total. The van der Waals surface area contributed by atoms with E-state index in [9.17, 15) is 18.8 Å². The van der Waals surface area contributed by atoms with Gasteiger partial charge in [0.2, 0.25) is 0 Å². The van der Waals surface area contributed by atoms with Gasteiger partial charge in [0.25, 0.3) is 12.2 Å². The summed E-state index contributed by atoms with van der Waals surface area (Å²) >= 11 is 0. The van der Waals surface area contributed by atoms with Crippen LogP contribution in [0.25, 0.3) is 0 Å². The van der Waals surface area contributed by atoms with Gasteiger partial charge >= 0.3 is 12.0 Å². The third kappa shape index (κ3) is 2.73. The first-order valence-corrected chi connectivity index (χ1v) is 6.82. The lowest BCUT2D eigenvalue weighted by Crippen LogP contribution is -2.45. The van der Waals surface area contributed by atoms with Crippen molar-refractivity contribution >= 4 is 17.9 Å². The SMILES string of the molecule is CCOC(=O)[C@H](F)N1C(=O)N[C@@](C)(c2ccc(C#N)cc2)C1=O. The Kier molecular flexibility index (Phi) is 4.31. The van der Waals surface area contributed by atoms with Crippen LogP contribution in [0.5, 0.6) is 0 Å². The molecule has 0 saturated carbocycles. The Balaban J connectivity index is 2.32. The lowest BCUT2D eigenvalue weighted by atomic mass is 9.91. The molecular weight excluding hydrogens is 305 g/mol. The molecule has 0 bridgehead atoms. The number of benzene rings is 1. The summed E-state index contributed by atoms with van der Waals surface area (Å²) in [5, 5.41) is 11.2. The second-order valence-electron chi connectivity index (χ2n) is 5.01. The van der Waals surface area contributed by atoms with Crippen molar-refractivity contribution in [2.45, 2.75) is 25.7 Å². The molecule has 8 heteroatoms. The molecule has 0 radical (unpaired) electrons. The smallest absolute Gasteiger partial charge is 0.362 e. The fourth-order valence-corrected chi connectivity index (χ4v) is 2.26. The summed E-state index contributed by atoms with van der Waals surface area (Å²) in [5.74, 6) is -2.21. The number of carbonyl (C=O) groups excluding carboxylic acids is 3. The number of imide groups is 1. The number of urea groups is 1. The van der Waals surface area contributed by atoms with Crippen LogP contribution in [0.2, 0.25) is 0 Å². The lowest BCUT2D eigenvalue weighted by Gasteiger charge is -2.22. The Morgan fingerprint density at radius 2 is 2.04 bits per heavy atom. The quantitative estimate of drug-likeness (QED) is 0.510. The van der Waals surface area contributed by atoms with Gasteiger partial charge < -0.3 is 10.1 Å². The second kappa shape index (κ2) is 6.04. The highest BCUT2D eigenvalue weighted by molar-refractivity contribution is 6.09. The predicted octanol–water partition coefficient (Wildman–Crippen LogP) is 1.18. The summed E-state index contributed by atoms with van der Waals surface area (Å²) in [6, 6.07) is 6.82. The number of halogens is 1. The fraction of sp³-hybridized carbons (Fsp3) is 0.333. The van der Waals surface area contributed by atoms with Crippen LogP contribution < -0.4 is 5.32 Å². The van der Waals surface area contributed by atoms with Gasteiger partial charge in [-0.25, -0.2) is 18.9 Å². The van der Waals surface area contributed by atoms with Crippen molar-refractivity contribution in [3.05, 3.63) is 35.4 Å². The second-order valence-corrected chi connectivity index (χ2v) is 5.01. The summed E-state index contributed by atoms with van der Waals surface area (Å²) in [7, 11) is 0. The number of amides is 3. The first kappa shape index (κ1) is 16.4. The number of alkyl halides is 1. The van der Waals surface area contributed by atoms with Crippen molar-refractivity contribution in [3.63, 3.8) is 0 Å². The Hall–Kier alpha value is -2.95. The molecular formula is C15H14FN3O4. The zero-order valence-electron chi connectivity index (χ0n) is 12.5. The summed E-state index contributed by atoms with van der Waals surface area (Å²) in [6.45, 7) is 2.81. The van der Waals surface area contributed by atoms with Crippen LogP contribution >= 0.6 is 0 Å². The first-order chi connectivity index (χ1) is 10.8. The number of esters is 1. The molecule has 1 fully saturated rings. The number of hydrogen-bond acceptors (Lipinski definition) is 5. The first-order valence-electron chi connectivity index (χ1n) is 6.82. The maximum absolute atomic E-state index is 14.1. The number of nitrogens with zero attached hydrogens (tertiary/aromatic N) is 2. The van der Waals surface area contributed by atoms with Crippen LogP contribution in [-0.2, 0) is 19.9 Å². The van der Waals surface area contributed by atoms with E-state index in [1.54, 1.807) is 0 Å². The van der Waals surface area contributed by atoms with Gasteiger partial charge in [0, 0.05) is 0 Å². The summed E-state index contributed by atoms with van der Waals surface area (Å²) < 4.78 is 18.6. The van der Waals surface area contributed by atoms with Crippen molar-refractivity contribution in [1.82, 2.24) is 10.2 Å². The van der Waals surface area contributed by atoms with Crippen molar-refractivity contribution < 1.29 is 23.5 Å². The average molecular weight is 319 g/mol. The predicted molar refractivity (Wildman–Crippen MR) is 75.4 cm³/mol. The molecule has 1 saturated heterocycles. The Labute approximate surface area is 131 Å². The van der Waals surface area contributed by atoms with E-state index in [-0.39, 0.29) is 11.5 Å². The van der Waals surface area contributed by atoms with E-state index in [0.717, 1.165) is 0 Å². The highest BCUT2D eigenvalue weighted by Crippen LogP contribution is 2.30. The van der Waals surface area contributed by atoms with E-state index in [1.807, 2.05) is 6.07 Å². The Bertz CT molecular complexity index is 698. The van der Waals surface area contributed by atoms with Crippen molar-refractivity contribution in [2.75, 3.05) is 6.61 Å². The van der Waals surface area contributed by atoms with E-state index in [1.165, 1.54) is 38.1 Å². The van der Waals surface area contributed by atoms with Gasteiger partial charge in [0.15, 0.2) is 0 Å². The van der Waals surface area contributed by atoms with Crippen LogP contribution in [0.4, 0.5) is 9.18 Å². The average Bonchev–Trinajstić information content (AvgIpc) is 2.77. The highest BCUT2D eigenvalue weighted by Gasteiger charge is 2.53. The molecule has 7 nitrogen and oxygen atoms in total. The molecule has 1 heterocycles. The molecule has 1 aromatic rings. The van der Waals surface area contributed by atoms with Gasteiger partial charge in [-0.1, -0.05) is 12.1 Å². The van der Waals surface area contributed by atoms with Gasteiger partial charge in [-0.3, -0.25) is 4.79 Å². The highest BCUT2D eigenvalue weighted by atomic mass is 19.1. The zero-order valence-corrected chi connectivity index (χ0v) is 12.5. The molecule has 1 aliphatic rings. The molecule has 0 spiro atoms. The van der Waals surface area contributed by atoms with E-state index in [2.05, 4.69) is 10.1 Å². The number of nitrogens with one attached hydrogen (secondary N) is 1. The Morgan fingerprint density at radius 1 is 1.43 bits per heavy atom. The van der Waals surface area contributed by atoms with Crippen LogP contribution in [-0.4, -0.2) is 35.7 Å². The topological polar surface area (TPSA) is 99.5 Å². The number of hydrogen-bond donors (Lipinski definition) is 1. The summed E-state index contributed by atoms with van der Waals surface area (Å²) in [4.78, 5) is 36.1. The molecule has 1 aromatic carbocycles. The molecule has 3 amide bonds. The van der Waals surface area contributed by atoms with Crippen molar-refractivity contribution in [2.24, 2.45) is 0 Å². The summed E-state index contributed by atoms with van der Waals surface area (Å²) in [5.41, 5.74) is -0.781. The number of rotatable bonds is 4. The molecule has 2 atom stereocenters. The van der Waals surface area contributed by atoms with Gasteiger partial charge in [-0.15, -0.1) is 0 Å². The van der Waals surface area contributed by atoms with E-state index < -0.39 is 29.7 Å². The van der Waals surface area contributed by atoms with Crippen LogP contribution in [0.15, 0.2) is 24.3 Å². The number of ether oxygens (including phenoxy) is 1. The van der Waals surface area contributed by atoms with E-state index in [0.29, 0.717) is 11.1 Å². The number of carbonyl (C=O) groups is 3. The maximum Gasteiger partial charge on any atom is 0.362 e. The zero-order chi connectivity index (χ0) is 17.2. The van der Waals surface area contributed by atoms with Crippen LogP contribution in [0.3, 0.4) is 0 Å². The monoisotopic (exact) mass is 319 g/mol. The molecule has 120 valence electrons. The minimum atomic E-state index is -2.51. The standard InChI is InChI=1S/C15H14FN3O4/c1-3-23-12(20)11(16)19-13(21)15(2,18-14(19)22)10-6-4-9(8-17)5-7-10/h4-7,11H,3H2,1-2H3,(H,18,22)/t11-,15+/m1/s1. The number of nitriles is 1. The van der Waals surface area contributed by atoms with Gasteiger partial charge in [-0.2, -0.15) is 5.26 Å². The normalized spacial score (nSPS) is 21.6. The van der Waals surface area contributed by atoms with E-state index in [4.69, 9.17) is 5.26 Å². The largest absolute Gasteiger partial charge is 0.462 e. The van der Waals surface area contributed by atoms with Gasteiger partial charge in [-0.05, 0) is 31.5 Å². The maximum atomic E-state index is 14.1. The minimum Gasteiger partial charge on any atom is -0.462 e. The Morgan fingerprint density at radius 3 is 2.57 bits per heavy atom.